The van der Waals surface area contributed by atoms with Crippen LogP contribution in [0, 0.1) is 20.8 Å². The molecule has 1 heterocycles. The van der Waals surface area contributed by atoms with Gasteiger partial charge in [-0.3, -0.25) is 14.8 Å². The number of aryl methyl sites for hydroxylation is 2. The number of carbonyl (C=O) groups is 1. The number of anilines is 2. The summed E-state index contributed by atoms with van der Waals surface area (Å²) < 4.78 is 29.4. The van der Waals surface area contributed by atoms with E-state index in [1.165, 1.54) is 29.2 Å². The van der Waals surface area contributed by atoms with Crippen molar-refractivity contribution in [1.29, 1.82) is 0 Å². The van der Waals surface area contributed by atoms with Gasteiger partial charge in [0.15, 0.2) is 4.34 Å². The fourth-order valence-corrected chi connectivity index (χ4v) is 5.61. The molecule has 0 saturated carbocycles. The molecule has 10 heteroatoms. The molecule has 0 aliphatic carbocycles. The minimum atomic E-state index is -3.89. The molecule has 1 aromatic heterocycles. The summed E-state index contributed by atoms with van der Waals surface area (Å²) in [5.41, 5.74) is 3.08. The van der Waals surface area contributed by atoms with Crippen molar-refractivity contribution in [2.45, 2.75) is 30.0 Å². The summed E-state index contributed by atoms with van der Waals surface area (Å²) in [7, 11) is -3.89. The van der Waals surface area contributed by atoms with Crippen LogP contribution in [0.4, 0.5) is 10.8 Å². The number of hydrogen-bond acceptors (Lipinski definition) is 7. The van der Waals surface area contributed by atoms with E-state index in [1.54, 1.807) is 37.3 Å². The molecule has 1 amide bonds. The van der Waals surface area contributed by atoms with Crippen LogP contribution in [-0.2, 0) is 10.0 Å². The fourth-order valence-electron chi connectivity index (χ4n) is 2.71. The van der Waals surface area contributed by atoms with Crippen LogP contribution in [0.3, 0.4) is 0 Å². The topological polar surface area (TPSA) is 101 Å². The van der Waals surface area contributed by atoms with Gasteiger partial charge in [-0.1, -0.05) is 47.4 Å². The van der Waals surface area contributed by atoms with Crippen LogP contribution in [0.5, 0.6) is 0 Å². The van der Waals surface area contributed by atoms with Gasteiger partial charge in [0.05, 0.1) is 10.6 Å². The molecule has 0 spiro atoms. The lowest BCUT2D eigenvalue weighted by molar-refractivity contribution is 0.102. The zero-order valence-corrected chi connectivity index (χ0v) is 19.7. The van der Waals surface area contributed by atoms with E-state index < -0.39 is 15.9 Å². The summed E-state index contributed by atoms with van der Waals surface area (Å²) >= 11 is 2.71. The molecule has 162 valence electrons. The van der Waals surface area contributed by atoms with Crippen molar-refractivity contribution in [3.8, 4) is 0 Å². The first-order valence-corrected chi connectivity index (χ1v) is 12.6. The van der Waals surface area contributed by atoms with Crippen molar-refractivity contribution < 1.29 is 13.2 Å². The normalized spacial score (nSPS) is 11.2. The second-order valence-corrected chi connectivity index (χ2v) is 10.7. The summed E-state index contributed by atoms with van der Waals surface area (Å²) in [5.74, 6) is 0.231. The van der Waals surface area contributed by atoms with E-state index in [0.717, 1.165) is 11.1 Å². The maximum Gasteiger partial charge on any atom is 0.262 e. The maximum atomic E-state index is 13.0. The molecule has 31 heavy (non-hydrogen) atoms. The third kappa shape index (κ3) is 5.52. The Morgan fingerprint density at radius 2 is 1.94 bits per heavy atom. The summed E-state index contributed by atoms with van der Waals surface area (Å²) in [6.07, 6.45) is 1.75. The van der Waals surface area contributed by atoms with Gasteiger partial charge in [0.2, 0.25) is 5.13 Å². The Hall–Kier alpha value is -2.69. The Morgan fingerprint density at radius 3 is 2.68 bits per heavy atom. The number of thioether (sulfide) groups is 1. The molecule has 7 nitrogen and oxygen atoms in total. The van der Waals surface area contributed by atoms with E-state index in [0.29, 0.717) is 26.5 Å². The average Bonchev–Trinajstić information content (AvgIpc) is 3.17. The molecular formula is C21H22N4O3S3. The van der Waals surface area contributed by atoms with E-state index in [2.05, 4.69) is 26.8 Å². The van der Waals surface area contributed by atoms with Crippen LogP contribution in [-0.4, -0.2) is 30.3 Å². The number of carbonyl (C=O) groups excluding carboxylic acids is 1. The van der Waals surface area contributed by atoms with Crippen LogP contribution in [0.15, 0.2) is 58.3 Å². The SMILES string of the molecule is C=CCSc1nnc(NC(=O)c2ccc(C)c(S(=O)(=O)Nc3cccc(C)c3C)c2)s1. The summed E-state index contributed by atoms with van der Waals surface area (Å²) in [6.45, 7) is 9.11. The average molecular weight is 475 g/mol. The number of nitrogens with zero attached hydrogens (tertiary/aromatic N) is 2. The molecule has 2 aromatic carbocycles. The number of nitrogens with one attached hydrogen (secondary N) is 2. The molecule has 0 radical (unpaired) electrons. The van der Waals surface area contributed by atoms with Gasteiger partial charge >= 0.3 is 0 Å². The van der Waals surface area contributed by atoms with E-state index in [9.17, 15) is 13.2 Å². The third-order valence-corrected chi connectivity index (χ3v) is 8.02. The molecule has 2 N–H and O–H groups in total. The van der Waals surface area contributed by atoms with Crippen molar-refractivity contribution in [2.75, 3.05) is 15.8 Å². The molecular weight excluding hydrogens is 452 g/mol. The van der Waals surface area contributed by atoms with Crippen molar-refractivity contribution in [2.24, 2.45) is 0 Å². The van der Waals surface area contributed by atoms with Crippen LogP contribution in [0.2, 0.25) is 0 Å². The zero-order valence-electron chi connectivity index (χ0n) is 17.3. The minimum absolute atomic E-state index is 0.0422. The number of benzene rings is 2. The zero-order chi connectivity index (χ0) is 22.6. The predicted molar refractivity (Wildman–Crippen MR) is 127 cm³/mol. The van der Waals surface area contributed by atoms with Gasteiger partial charge < -0.3 is 0 Å². The molecule has 0 fully saturated rings. The highest BCUT2D eigenvalue weighted by molar-refractivity contribution is 8.01. The number of amides is 1. The lowest BCUT2D eigenvalue weighted by Gasteiger charge is -2.14. The Labute approximate surface area is 190 Å². The second-order valence-electron chi connectivity index (χ2n) is 6.76. The van der Waals surface area contributed by atoms with Crippen LogP contribution in [0.1, 0.15) is 27.0 Å². The molecule has 3 aromatic rings. The Morgan fingerprint density at radius 1 is 1.16 bits per heavy atom. The Kier molecular flexibility index (Phi) is 7.14. The lowest BCUT2D eigenvalue weighted by Crippen LogP contribution is -2.17. The second kappa shape index (κ2) is 9.63. The van der Waals surface area contributed by atoms with Gasteiger partial charge in [-0.15, -0.1) is 16.8 Å². The molecule has 0 saturated heterocycles. The first-order chi connectivity index (χ1) is 14.7. The van der Waals surface area contributed by atoms with Gasteiger partial charge in [-0.2, -0.15) is 0 Å². The standard InChI is InChI=1S/C21H22N4O3S3/c1-5-11-29-21-24-23-20(30-21)22-19(26)16-10-9-14(3)18(12-16)31(27,28)25-17-8-6-7-13(2)15(17)4/h5-10,12,25H,1,11H2,2-4H3,(H,22,23,26). The van der Waals surface area contributed by atoms with E-state index in [4.69, 9.17) is 0 Å². The van der Waals surface area contributed by atoms with Crippen LogP contribution < -0.4 is 10.0 Å². The minimum Gasteiger partial charge on any atom is -0.296 e. The molecule has 0 aliphatic rings. The fraction of sp³-hybridized carbons (Fsp3) is 0.190. The van der Waals surface area contributed by atoms with Crippen LogP contribution >= 0.6 is 23.1 Å². The largest absolute Gasteiger partial charge is 0.296 e. The predicted octanol–water partition coefficient (Wildman–Crippen LogP) is 4.79. The Balaban J connectivity index is 1.83. The molecule has 3 rings (SSSR count). The molecule has 0 atom stereocenters. The number of aromatic nitrogens is 2. The van der Waals surface area contributed by atoms with E-state index >= 15 is 0 Å². The highest BCUT2D eigenvalue weighted by Crippen LogP contribution is 2.27. The summed E-state index contributed by atoms with van der Waals surface area (Å²) in [4.78, 5) is 12.7. The third-order valence-electron chi connectivity index (χ3n) is 4.54. The lowest BCUT2D eigenvalue weighted by atomic mass is 10.1. The summed E-state index contributed by atoms with van der Waals surface area (Å²) in [5, 5.41) is 11.0. The smallest absolute Gasteiger partial charge is 0.262 e. The van der Waals surface area contributed by atoms with Gasteiger partial charge in [0, 0.05) is 11.3 Å². The molecule has 0 bridgehead atoms. The van der Waals surface area contributed by atoms with Crippen molar-refractivity contribution in [3.05, 3.63) is 71.3 Å². The number of sulfonamides is 1. The van der Waals surface area contributed by atoms with Gasteiger partial charge in [0.25, 0.3) is 15.9 Å². The monoisotopic (exact) mass is 474 g/mol. The van der Waals surface area contributed by atoms with E-state index in [-0.39, 0.29) is 10.5 Å². The number of hydrogen-bond donors (Lipinski definition) is 2. The van der Waals surface area contributed by atoms with Crippen LogP contribution in [0.25, 0.3) is 0 Å². The van der Waals surface area contributed by atoms with Gasteiger partial charge in [0.1, 0.15) is 0 Å². The highest BCUT2D eigenvalue weighted by atomic mass is 32.2. The molecule has 0 aliphatic heterocycles. The van der Waals surface area contributed by atoms with Gasteiger partial charge in [-0.05, 0) is 55.7 Å². The van der Waals surface area contributed by atoms with Crippen molar-refractivity contribution in [1.82, 2.24) is 10.2 Å². The van der Waals surface area contributed by atoms with Gasteiger partial charge in [-0.25, -0.2) is 8.42 Å². The highest BCUT2D eigenvalue weighted by Gasteiger charge is 2.21. The quantitative estimate of drug-likeness (QED) is 0.276. The first-order valence-electron chi connectivity index (χ1n) is 9.29. The molecule has 0 unspecified atom stereocenters. The van der Waals surface area contributed by atoms with Crippen molar-refractivity contribution in [3.63, 3.8) is 0 Å². The summed E-state index contributed by atoms with van der Waals surface area (Å²) in [6, 6.07) is 9.97. The maximum absolute atomic E-state index is 13.0. The Bertz CT molecular complexity index is 1240. The van der Waals surface area contributed by atoms with E-state index in [1.807, 2.05) is 19.9 Å². The first kappa shape index (κ1) is 23.0. The number of rotatable bonds is 8. The van der Waals surface area contributed by atoms with Crippen molar-refractivity contribution >= 4 is 49.8 Å².